The summed E-state index contributed by atoms with van der Waals surface area (Å²) in [5.41, 5.74) is 1.93. The van der Waals surface area contributed by atoms with Gasteiger partial charge in [-0.05, 0) is 37.8 Å². The van der Waals surface area contributed by atoms with Gasteiger partial charge in [0.25, 0.3) is 5.91 Å². The molecule has 29 heavy (non-hydrogen) atoms. The first-order valence-corrected chi connectivity index (χ1v) is 10.3. The number of rotatable bonds is 2. The summed E-state index contributed by atoms with van der Waals surface area (Å²) in [6.45, 7) is 0.561. The van der Waals surface area contributed by atoms with Gasteiger partial charge in [-0.25, -0.2) is 9.78 Å². The number of imidazole rings is 1. The summed E-state index contributed by atoms with van der Waals surface area (Å²) in [4.78, 5) is 32.0. The Morgan fingerprint density at radius 2 is 1.97 bits per heavy atom. The Bertz CT molecular complexity index is 1060. The molecule has 2 aromatic rings. The average Bonchev–Trinajstić information content (AvgIpc) is 3.36. The Morgan fingerprint density at radius 3 is 2.69 bits per heavy atom. The van der Waals surface area contributed by atoms with Crippen molar-refractivity contribution in [3.05, 3.63) is 46.5 Å². The predicted molar refractivity (Wildman–Crippen MR) is 104 cm³/mol. The van der Waals surface area contributed by atoms with Crippen molar-refractivity contribution in [3.63, 3.8) is 0 Å². The van der Waals surface area contributed by atoms with E-state index < -0.39 is 5.97 Å². The van der Waals surface area contributed by atoms with Crippen LogP contribution in [0, 0.1) is 11.3 Å². The maximum atomic E-state index is 13.4. The Hall–Kier alpha value is -3.14. The lowest BCUT2D eigenvalue weighted by Gasteiger charge is -2.24. The molecule has 0 spiro atoms. The number of nitrogens with zero attached hydrogens (tertiary/aromatic N) is 4. The number of carboxylic acid groups (broad SMARTS) is 1. The van der Waals surface area contributed by atoms with Gasteiger partial charge in [0.15, 0.2) is 5.69 Å². The van der Waals surface area contributed by atoms with Crippen LogP contribution in [0.4, 0.5) is 0 Å². The van der Waals surface area contributed by atoms with Crippen LogP contribution in [0.25, 0.3) is 5.69 Å². The molecule has 0 unspecified atom stereocenters. The van der Waals surface area contributed by atoms with Gasteiger partial charge in [-0.2, -0.15) is 5.26 Å². The molecule has 1 aliphatic carbocycles. The van der Waals surface area contributed by atoms with Gasteiger partial charge < -0.3 is 10.0 Å². The molecule has 3 heterocycles. The van der Waals surface area contributed by atoms with Crippen molar-refractivity contribution in [1.82, 2.24) is 14.5 Å². The van der Waals surface area contributed by atoms with Crippen LogP contribution in [0.5, 0.6) is 0 Å². The number of hydrogen-bond acceptors (Lipinski definition) is 4. The largest absolute Gasteiger partial charge is 0.476 e. The lowest BCUT2D eigenvalue weighted by Crippen LogP contribution is -2.30. The van der Waals surface area contributed by atoms with Crippen LogP contribution in [-0.2, 0) is 0 Å². The quantitative estimate of drug-likeness (QED) is 0.841. The van der Waals surface area contributed by atoms with Crippen LogP contribution in [0.3, 0.4) is 0 Å². The molecular weight excluding hydrogens is 368 g/mol. The molecule has 148 valence electrons. The van der Waals surface area contributed by atoms with E-state index in [1.54, 1.807) is 17.0 Å². The zero-order valence-electron chi connectivity index (χ0n) is 16.1. The van der Waals surface area contributed by atoms with Crippen molar-refractivity contribution in [1.29, 1.82) is 5.26 Å². The third-order valence-corrected chi connectivity index (χ3v) is 6.56. The smallest absolute Gasteiger partial charge is 0.356 e. The van der Waals surface area contributed by atoms with Crippen LogP contribution in [0.2, 0.25) is 0 Å². The second-order valence-electron chi connectivity index (χ2n) is 8.15. The van der Waals surface area contributed by atoms with E-state index in [-0.39, 0.29) is 23.6 Å². The average molecular weight is 390 g/mol. The molecule has 7 nitrogen and oxygen atoms in total. The lowest BCUT2D eigenvalue weighted by atomic mass is 9.88. The normalized spacial score (nSPS) is 21.1. The summed E-state index contributed by atoms with van der Waals surface area (Å²) >= 11 is 0. The van der Waals surface area contributed by atoms with Crippen LogP contribution in [0.1, 0.15) is 94.8 Å². The second kappa shape index (κ2) is 6.73. The molecule has 1 saturated heterocycles. The van der Waals surface area contributed by atoms with Crippen LogP contribution in [-0.4, -0.2) is 38.0 Å². The number of carbonyl (C=O) groups is 2. The second-order valence-corrected chi connectivity index (χ2v) is 8.15. The Balaban J connectivity index is 1.85. The molecule has 7 heteroatoms. The molecule has 2 aliphatic heterocycles. The molecular formula is C22H22N4O3. The van der Waals surface area contributed by atoms with Crippen LogP contribution in [0.15, 0.2) is 18.2 Å². The topological polar surface area (TPSA) is 99.2 Å². The monoisotopic (exact) mass is 390 g/mol. The fourth-order valence-electron chi connectivity index (χ4n) is 5.29. The van der Waals surface area contributed by atoms with Crippen molar-refractivity contribution in [2.75, 3.05) is 6.54 Å². The molecule has 3 aliphatic rings. The van der Waals surface area contributed by atoms with Crippen LogP contribution >= 0.6 is 0 Å². The van der Waals surface area contributed by atoms with E-state index in [9.17, 15) is 20.0 Å². The van der Waals surface area contributed by atoms with Crippen LogP contribution < -0.4 is 0 Å². The summed E-state index contributed by atoms with van der Waals surface area (Å²) in [6, 6.07) is 7.07. The number of hydrogen-bond donors (Lipinski definition) is 1. The molecule has 1 atom stereocenters. The van der Waals surface area contributed by atoms with Crippen molar-refractivity contribution < 1.29 is 14.7 Å². The molecule has 1 aromatic heterocycles. The Labute approximate surface area is 168 Å². The highest BCUT2D eigenvalue weighted by Crippen LogP contribution is 2.44. The van der Waals surface area contributed by atoms with Gasteiger partial charge in [0.2, 0.25) is 0 Å². The number of fused-ring (bicyclic) bond motifs is 5. The van der Waals surface area contributed by atoms with Gasteiger partial charge in [-0.3, -0.25) is 9.36 Å². The zero-order chi connectivity index (χ0) is 20.1. The molecule has 2 fully saturated rings. The van der Waals surface area contributed by atoms with Crippen molar-refractivity contribution >= 4 is 11.9 Å². The van der Waals surface area contributed by atoms with Gasteiger partial charge in [0, 0.05) is 12.5 Å². The number of aromatic carboxylic acids is 1. The summed E-state index contributed by atoms with van der Waals surface area (Å²) in [5.74, 6) is -0.350. The Morgan fingerprint density at radius 1 is 1.17 bits per heavy atom. The fourth-order valence-corrected chi connectivity index (χ4v) is 5.29. The molecule has 1 saturated carbocycles. The van der Waals surface area contributed by atoms with Gasteiger partial charge >= 0.3 is 5.97 Å². The minimum absolute atomic E-state index is 0.0467. The summed E-state index contributed by atoms with van der Waals surface area (Å²) in [6.07, 6.45) is 6.81. The lowest BCUT2D eigenvalue weighted by molar-refractivity contribution is 0.0673. The third-order valence-electron chi connectivity index (χ3n) is 6.56. The van der Waals surface area contributed by atoms with Gasteiger partial charge in [0.1, 0.15) is 11.9 Å². The maximum absolute atomic E-state index is 13.4. The summed E-state index contributed by atoms with van der Waals surface area (Å²) in [5, 5.41) is 19.6. The highest BCUT2D eigenvalue weighted by atomic mass is 16.4. The van der Waals surface area contributed by atoms with Gasteiger partial charge in [-0.1, -0.05) is 25.3 Å². The SMILES string of the molecule is N#Cc1cccc2c1C(=O)N1CCC[C@H]1c1c(C(=O)O)nc(C3CCCCC3)n1-2. The number of nitriles is 1. The first-order valence-electron chi connectivity index (χ1n) is 10.3. The summed E-state index contributed by atoms with van der Waals surface area (Å²) < 4.78 is 1.92. The Kier molecular flexibility index (Phi) is 4.16. The van der Waals surface area contributed by atoms with E-state index in [1.807, 2.05) is 10.6 Å². The van der Waals surface area contributed by atoms with E-state index in [2.05, 4.69) is 11.1 Å². The first kappa shape index (κ1) is 17.9. The number of benzene rings is 1. The standard InChI is InChI=1S/C22H22N4O3/c23-12-14-8-4-9-15-17(14)21(27)25-11-5-10-16(25)19-18(22(28)29)24-20(26(15)19)13-6-2-1-3-7-13/h4,8-9,13,16H,1-3,5-7,10-11H2,(H,28,29)/t16-/m0/s1. The van der Waals surface area contributed by atoms with Gasteiger partial charge in [-0.15, -0.1) is 0 Å². The van der Waals surface area contributed by atoms with E-state index in [1.165, 1.54) is 6.42 Å². The van der Waals surface area contributed by atoms with E-state index >= 15 is 0 Å². The van der Waals surface area contributed by atoms with Gasteiger partial charge in [0.05, 0.1) is 28.6 Å². The molecule has 0 radical (unpaired) electrons. The molecule has 1 aromatic carbocycles. The van der Waals surface area contributed by atoms with E-state index in [0.717, 1.165) is 37.9 Å². The molecule has 5 rings (SSSR count). The number of amides is 1. The predicted octanol–water partition coefficient (Wildman–Crippen LogP) is 3.78. The minimum atomic E-state index is -1.06. The highest BCUT2D eigenvalue weighted by Gasteiger charge is 2.43. The maximum Gasteiger partial charge on any atom is 0.356 e. The van der Waals surface area contributed by atoms with Crippen molar-refractivity contribution in [2.24, 2.45) is 0 Å². The van der Waals surface area contributed by atoms with E-state index in [4.69, 9.17) is 0 Å². The number of carboxylic acids is 1. The first-order chi connectivity index (χ1) is 14.1. The third kappa shape index (κ3) is 2.59. The molecule has 1 N–H and O–H groups in total. The minimum Gasteiger partial charge on any atom is -0.476 e. The van der Waals surface area contributed by atoms with Crippen molar-refractivity contribution in [2.45, 2.75) is 56.9 Å². The van der Waals surface area contributed by atoms with Crippen molar-refractivity contribution in [3.8, 4) is 11.8 Å². The number of carbonyl (C=O) groups excluding carboxylic acids is 1. The highest BCUT2D eigenvalue weighted by molar-refractivity contribution is 6.02. The molecule has 1 amide bonds. The molecule has 0 bridgehead atoms. The number of aromatic nitrogens is 2. The zero-order valence-corrected chi connectivity index (χ0v) is 16.1. The fraction of sp³-hybridized carbons (Fsp3) is 0.455. The van der Waals surface area contributed by atoms with E-state index in [0.29, 0.717) is 35.5 Å². The summed E-state index contributed by atoms with van der Waals surface area (Å²) in [7, 11) is 0.